The maximum Gasteiger partial charge on any atom is 0.235 e. The molecule has 8 nitrogen and oxygen atoms in total. The molecule has 2 amide bonds. The fourth-order valence-corrected chi connectivity index (χ4v) is 7.79. The number of carbonyl (C=O) groups is 2. The van der Waals surface area contributed by atoms with Crippen LogP contribution < -0.4 is 15.0 Å². The normalized spacial score (nSPS) is 24.3. The Morgan fingerprint density at radius 2 is 1.77 bits per heavy atom. The molecule has 3 aliphatic rings. The Morgan fingerprint density at radius 1 is 1.02 bits per heavy atom. The van der Waals surface area contributed by atoms with Gasteiger partial charge in [0.25, 0.3) is 0 Å². The molecule has 2 aromatic carbocycles. The van der Waals surface area contributed by atoms with Crippen LogP contribution >= 0.6 is 15.9 Å². The zero-order valence-electron chi connectivity index (χ0n) is 25.7. The number of nitrogens with one attached hydrogen (secondary N) is 1. The number of hydrogen-bond donors (Lipinski definition) is 1. The predicted molar refractivity (Wildman–Crippen MR) is 174 cm³/mol. The molecule has 1 aliphatic carbocycles. The van der Waals surface area contributed by atoms with E-state index in [1.165, 1.54) is 30.5 Å². The molecule has 1 saturated carbocycles. The first-order chi connectivity index (χ1) is 20.8. The number of amides is 2. The van der Waals surface area contributed by atoms with Crippen LogP contribution in [0.15, 0.2) is 40.9 Å². The summed E-state index contributed by atoms with van der Waals surface area (Å²) in [6.07, 6.45) is 7.29. The van der Waals surface area contributed by atoms with E-state index < -0.39 is 0 Å². The highest BCUT2D eigenvalue weighted by Gasteiger charge is 2.33. The van der Waals surface area contributed by atoms with Crippen molar-refractivity contribution in [2.75, 3.05) is 37.6 Å². The topological polar surface area (TPSA) is 79.7 Å². The number of halogens is 1. The Balaban J connectivity index is 0.997. The first-order valence-electron chi connectivity index (χ1n) is 15.9. The minimum absolute atomic E-state index is 0.195. The molecule has 1 unspecified atom stereocenters. The van der Waals surface area contributed by atoms with E-state index in [-0.39, 0.29) is 17.7 Å². The number of benzene rings is 2. The largest absolute Gasteiger partial charge is 0.490 e. The Labute approximate surface area is 263 Å². The number of anilines is 1. The van der Waals surface area contributed by atoms with E-state index in [1.54, 1.807) is 0 Å². The lowest BCUT2D eigenvalue weighted by Gasteiger charge is -2.38. The van der Waals surface area contributed by atoms with Gasteiger partial charge in [-0.15, -0.1) is 0 Å². The second-order valence-electron chi connectivity index (χ2n) is 12.9. The average molecular weight is 651 g/mol. The quantitative estimate of drug-likeness (QED) is 0.304. The number of nitrogens with zero attached hydrogens (tertiary/aromatic N) is 4. The van der Waals surface area contributed by atoms with Gasteiger partial charge in [0.15, 0.2) is 0 Å². The van der Waals surface area contributed by atoms with Crippen LogP contribution in [0.1, 0.15) is 69.0 Å². The summed E-state index contributed by atoms with van der Waals surface area (Å²) in [5.74, 6) is 1.67. The van der Waals surface area contributed by atoms with Crippen LogP contribution in [0.25, 0.3) is 10.9 Å². The summed E-state index contributed by atoms with van der Waals surface area (Å²) >= 11 is 3.62. The van der Waals surface area contributed by atoms with Gasteiger partial charge in [0.2, 0.25) is 11.8 Å². The van der Waals surface area contributed by atoms with Crippen molar-refractivity contribution in [3.63, 3.8) is 0 Å². The lowest BCUT2D eigenvalue weighted by Crippen LogP contribution is -2.47. The Kier molecular flexibility index (Phi) is 9.10. The summed E-state index contributed by atoms with van der Waals surface area (Å²) in [7, 11) is 1.96. The second kappa shape index (κ2) is 13.0. The zero-order chi connectivity index (χ0) is 30.1. The Hall–Kier alpha value is -2.91. The van der Waals surface area contributed by atoms with Gasteiger partial charge in [0, 0.05) is 61.6 Å². The van der Waals surface area contributed by atoms with E-state index >= 15 is 0 Å². The van der Waals surface area contributed by atoms with E-state index in [0.717, 1.165) is 78.3 Å². The Bertz CT molecular complexity index is 1470. The van der Waals surface area contributed by atoms with Crippen LogP contribution in [0, 0.1) is 18.8 Å². The molecule has 2 saturated heterocycles. The lowest BCUT2D eigenvalue weighted by molar-refractivity contribution is -0.134. The molecule has 1 aromatic heterocycles. The molecule has 0 radical (unpaired) electrons. The van der Waals surface area contributed by atoms with Gasteiger partial charge in [0.1, 0.15) is 5.75 Å². The third-order valence-corrected chi connectivity index (χ3v) is 10.6. The van der Waals surface area contributed by atoms with Gasteiger partial charge in [-0.3, -0.25) is 24.5 Å². The fourth-order valence-electron chi connectivity index (χ4n) is 7.45. The monoisotopic (exact) mass is 649 g/mol. The second-order valence-corrected chi connectivity index (χ2v) is 13.8. The number of piperidine rings is 1. The molecule has 43 heavy (non-hydrogen) atoms. The summed E-state index contributed by atoms with van der Waals surface area (Å²) in [5, 5.41) is 8.29. The van der Waals surface area contributed by atoms with E-state index in [0.29, 0.717) is 24.9 Å². The van der Waals surface area contributed by atoms with Gasteiger partial charge in [-0.2, -0.15) is 5.10 Å². The first-order valence-corrected chi connectivity index (χ1v) is 16.7. The van der Waals surface area contributed by atoms with E-state index in [9.17, 15) is 9.59 Å². The first kappa shape index (κ1) is 30.1. The van der Waals surface area contributed by atoms with Crippen LogP contribution in [0.5, 0.6) is 5.75 Å². The number of aryl methyl sites for hydroxylation is 1. The summed E-state index contributed by atoms with van der Waals surface area (Å²) in [6.45, 7) is 9.73. The number of fused-ring (bicyclic) bond motifs is 1. The highest BCUT2D eigenvalue weighted by atomic mass is 79.9. The number of imide groups is 1. The maximum absolute atomic E-state index is 12.6. The molecule has 2 atom stereocenters. The van der Waals surface area contributed by atoms with Crippen molar-refractivity contribution >= 4 is 44.3 Å². The van der Waals surface area contributed by atoms with Crippen molar-refractivity contribution in [3.8, 4) is 5.75 Å². The molecule has 2 aliphatic heterocycles. The van der Waals surface area contributed by atoms with Crippen molar-refractivity contribution in [1.29, 1.82) is 0 Å². The number of para-hydroxylation sites is 1. The van der Waals surface area contributed by atoms with Crippen LogP contribution in [0.4, 0.5) is 5.69 Å². The van der Waals surface area contributed by atoms with Crippen LogP contribution in [-0.2, 0) is 16.6 Å². The SMILES string of the molecule is Cc1c(Br)cccc1OC1CCC(C[C@@H](C)CN2CCN(c3cccc4c(C5CCC(=O)NC5=O)nn(C)c34)CC2)CC1. The van der Waals surface area contributed by atoms with Gasteiger partial charge in [0.05, 0.1) is 28.9 Å². The minimum atomic E-state index is -0.381. The lowest BCUT2D eigenvalue weighted by atomic mass is 9.82. The molecule has 3 heterocycles. The van der Waals surface area contributed by atoms with Crippen molar-refractivity contribution in [1.82, 2.24) is 20.0 Å². The van der Waals surface area contributed by atoms with Crippen LogP contribution in [-0.4, -0.2) is 65.3 Å². The third kappa shape index (κ3) is 6.63. The summed E-state index contributed by atoms with van der Waals surface area (Å²) in [4.78, 5) is 29.4. The van der Waals surface area contributed by atoms with E-state index in [1.807, 2.05) is 11.7 Å². The van der Waals surface area contributed by atoms with Crippen molar-refractivity contribution in [3.05, 3.63) is 52.1 Å². The average Bonchev–Trinajstić information content (AvgIpc) is 3.33. The molecular weight excluding hydrogens is 606 g/mol. The van der Waals surface area contributed by atoms with Crippen molar-refractivity contribution < 1.29 is 14.3 Å². The number of aromatic nitrogens is 2. The smallest absolute Gasteiger partial charge is 0.235 e. The molecular formula is C34H44BrN5O3. The highest BCUT2D eigenvalue weighted by molar-refractivity contribution is 9.10. The van der Waals surface area contributed by atoms with Gasteiger partial charge in [-0.1, -0.05) is 41.1 Å². The van der Waals surface area contributed by atoms with Crippen LogP contribution in [0.2, 0.25) is 0 Å². The predicted octanol–water partition coefficient (Wildman–Crippen LogP) is 5.95. The Morgan fingerprint density at radius 3 is 2.51 bits per heavy atom. The fraction of sp³-hybridized carbons (Fsp3) is 0.559. The third-order valence-electron chi connectivity index (χ3n) is 9.77. The number of ether oxygens (including phenoxy) is 1. The zero-order valence-corrected chi connectivity index (χ0v) is 27.2. The number of hydrogen-bond acceptors (Lipinski definition) is 6. The van der Waals surface area contributed by atoms with Gasteiger partial charge in [-0.25, -0.2) is 0 Å². The number of carbonyl (C=O) groups excluding carboxylic acids is 2. The maximum atomic E-state index is 12.6. The molecule has 9 heteroatoms. The van der Waals surface area contributed by atoms with Crippen LogP contribution in [0.3, 0.4) is 0 Å². The number of piperazine rings is 1. The standard InChI is InChI=1S/C34H44BrN5O3/c1-22(20-24-10-12-25(13-11-24)43-30-9-5-7-28(35)23(30)2)21-39-16-18-40(19-17-39)29-8-4-6-26-32(37-38(3)33(26)29)27-14-15-31(41)36-34(27)42/h4-9,22,24-25,27H,10-21H2,1-3H3,(H,36,41,42)/t22-,24?,25?,27?/m1/s1. The van der Waals surface area contributed by atoms with Crippen molar-refractivity contribution in [2.24, 2.45) is 18.9 Å². The highest BCUT2D eigenvalue weighted by Crippen LogP contribution is 2.36. The molecule has 1 N–H and O–H groups in total. The van der Waals surface area contributed by atoms with Gasteiger partial charge >= 0.3 is 0 Å². The molecule has 0 bridgehead atoms. The summed E-state index contributed by atoms with van der Waals surface area (Å²) < 4.78 is 9.41. The van der Waals surface area contributed by atoms with Gasteiger partial charge < -0.3 is 9.64 Å². The summed E-state index contributed by atoms with van der Waals surface area (Å²) in [6, 6.07) is 12.5. The molecule has 6 rings (SSSR count). The van der Waals surface area contributed by atoms with E-state index in [4.69, 9.17) is 9.84 Å². The van der Waals surface area contributed by atoms with Crippen molar-refractivity contribution in [2.45, 2.75) is 70.8 Å². The molecule has 230 valence electrons. The molecule has 3 fully saturated rings. The molecule has 3 aromatic rings. The minimum Gasteiger partial charge on any atom is -0.490 e. The van der Waals surface area contributed by atoms with E-state index in [2.05, 4.69) is 81.3 Å². The number of rotatable bonds is 8. The molecule has 0 spiro atoms. The van der Waals surface area contributed by atoms with Gasteiger partial charge in [-0.05, 0) is 75.5 Å². The summed E-state index contributed by atoms with van der Waals surface area (Å²) in [5.41, 5.74) is 4.21.